The third-order valence-corrected chi connectivity index (χ3v) is 4.60. The number of rotatable bonds is 8. The van der Waals surface area contributed by atoms with Gasteiger partial charge in [-0.3, -0.25) is 9.89 Å². The first-order valence-electron chi connectivity index (χ1n) is 9.15. The van der Waals surface area contributed by atoms with Crippen molar-refractivity contribution < 1.29 is 4.74 Å². The standard InChI is InChI=1S/C20H32N4O/c1-4-5-9-12-23(3)20(21-2)22-17-19(18-10-7-6-8-11-18)24-13-15-25-16-14-24/h4,6-8,10-11,19H,1,5,9,12-17H2,2-3H3,(H,21,22). The molecule has 1 saturated heterocycles. The molecule has 0 saturated carbocycles. The van der Waals surface area contributed by atoms with Gasteiger partial charge >= 0.3 is 0 Å². The molecule has 1 fully saturated rings. The van der Waals surface area contributed by atoms with Crippen molar-refractivity contribution in [1.82, 2.24) is 15.1 Å². The van der Waals surface area contributed by atoms with E-state index < -0.39 is 0 Å². The van der Waals surface area contributed by atoms with Crippen molar-refractivity contribution in [2.24, 2.45) is 4.99 Å². The van der Waals surface area contributed by atoms with Crippen molar-refractivity contribution in [3.63, 3.8) is 0 Å². The van der Waals surface area contributed by atoms with Crippen LogP contribution in [0, 0.1) is 0 Å². The minimum Gasteiger partial charge on any atom is -0.379 e. The van der Waals surface area contributed by atoms with Gasteiger partial charge in [-0.1, -0.05) is 36.4 Å². The SMILES string of the molecule is C=CCCCN(C)C(=NC)NCC(c1ccccc1)N1CCOCC1. The van der Waals surface area contributed by atoms with Crippen molar-refractivity contribution in [2.75, 3.05) is 53.5 Å². The summed E-state index contributed by atoms with van der Waals surface area (Å²) in [7, 11) is 3.93. The van der Waals surface area contributed by atoms with Crippen LogP contribution < -0.4 is 5.32 Å². The summed E-state index contributed by atoms with van der Waals surface area (Å²) in [6, 6.07) is 11.0. The van der Waals surface area contributed by atoms with E-state index in [0.717, 1.165) is 58.2 Å². The Kier molecular flexibility index (Phi) is 8.49. The molecule has 1 N–H and O–H groups in total. The molecule has 2 rings (SSSR count). The number of ether oxygens (including phenoxy) is 1. The highest BCUT2D eigenvalue weighted by Crippen LogP contribution is 2.21. The zero-order valence-corrected chi connectivity index (χ0v) is 15.7. The molecule has 0 amide bonds. The Morgan fingerprint density at radius 3 is 2.72 bits per heavy atom. The van der Waals surface area contributed by atoms with Crippen molar-refractivity contribution in [2.45, 2.75) is 18.9 Å². The second-order valence-corrected chi connectivity index (χ2v) is 6.36. The number of nitrogens with zero attached hydrogens (tertiary/aromatic N) is 3. The predicted octanol–water partition coefficient (Wildman–Crippen LogP) is 2.53. The van der Waals surface area contributed by atoms with Crippen molar-refractivity contribution >= 4 is 5.96 Å². The molecule has 0 aromatic heterocycles. The Labute approximate surface area is 152 Å². The Bertz CT molecular complexity index is 526. The lowest BCUT2D eigenvalue weighted by atomic mass is 10.0. The highest BCUT2D eigenvalue weighted by Gasteiger charge is 2.23. The fraction of sp³-hybridized carbons (Fsp3) is 0.550. The number of hydrogen-bond acceptors (Lipinski definition) is 3. The molecule has 138 valence electrons. The van der Waals surface area contributed by atoms with Crippen LogP contribution in [0.3, 0.4) is 0 Å². The van der Waals surface area contributed by atoms with Gasteiger partial charge in [0.15, 0.2) is 5.96 Å². The maximum Gasteiger partial charge on any atom is 0.193 e. The number of allylic oxidation sites excluding steroid dienone is 1. The molecule has 0 radical (unpaired) electrons. The lowest BCUT2D eigenvalue weighted by Crippen LogP contribution is -2.46. The Morgan fingerprint density at radius 1 is 1.36 bits per heavy atom. The first kappa shape index (κ1) is 19.5. The number of unbranched alkanes of at least 4 members (excludes halogenated alkanes) is 1. The van der Waals surface area contributed by atoms with Gasteiger partial charge in [0, 0.05) is 40.3 Å². The second kappa shape index (κ2) is 10.9. The van der Waals surface area contributed by atoms with E-state index in [4.69, 9.17) is 4.74 Å². The van der Waals surface area contributed by atoms with Gasteiger partial charge in [-0.2, -0.15) is 0 Å². The Hall–Kier alpha value is -1.85. The van der Waals surface area contributed by atoms with Crippen LogP contribution in [0.4, 0.5) is 0 Å². The van der Waals surface area contributed by atoms with E-state index in [1.165, 1.54) is 5.56 Å². The lowest BCUT2D eigenvalue weighted by molar-refractivity contribution is 0.0169. The highest BCUT2D eigenvalue weighted by atomic mass is 16.5. The van der Waals surface area contributed by atoms with Crippen LogP contribution in [-0.4, -0.2) is 69.2 Å². The summed E-state index contributed by atoms with van der Waals surface area (Å²) >= 11 is 0. The summed E-state index contributed by atoms with van der Waals surface area (Å²) in [5.74, 6) is 0.943. The Morgan fingerprint density at radius 2 is 2.08 bits per heavy atom. The van der Waals surface area contributed by atoms with E-state index in [2.05, 4.69) is 64.1 Å². The topological polar surface area (TPSA) is 40.1 Å². The maximum atomic E-state index is 5.52. The van der Waals surface area contributed by atoms with E-state index >= 15 is 0 Å². The number of aliphatic imine (C=N–C) groups is 1. The summed E-state index contributed by atoms with van der Waals surface area (Å²) in [5.41, 5.74) is 1.33. The number of benzene rings is 1. The first-order valence-corrected chi connectivity index (χ1v) is 9.15. The number of nitrogens with one attached hydrogen (secondary N) is 1. The lowest BCUT2D eigenvalue weighted by Gasteiger charge is -2.35. The van der Waals surface area contributed by atoms with Gasteiger partial charge in [-0.15, -0.1) is 6.58 Å². The van der Waals surface area contributed by atoms with E-state index in [1.807, 2.05) is 13.1 Å². The summed E-state index contributed by atoms with van der Waals surface area (Å²) in [4.78, 5) is 9.12. The van der Waals surface area contributed by atoms with Gasteiger partial charge < -0.3 is 15.0 Å². The zero-order valence-electron chi connectivity index (χ0n) is 15.7. The minimum atomic E-state index is 0.323. The first-order chi connectivity index (χ1) is 12.3. The van der Waals surface area contributed by atoms with Crippen LogP contribution in [0.15, 0.2) is 48.0 Å². The van der Waals surface area contributed by atoms with Gasteiger partial charge in [0.2, 0.25) is 0 Å². The molecular formula is C20H32N4O. The van der Waals surface area contributed by atoms with E-state index in [0.29, 0.717) is 6.04 Å². The summed E-state index contributed by atoms with van der Waals surface area (Å²) in [5, 5.41) is 3.56. The molecule has 1 heterocycles. The van der Waals surface area contributed by atoms with E-state index in [-0.39, 0.29) is 0 Å². The van der Waals surface area contributed by atoms with Gasteiger partial charge in [0.05, 0.1) is 19.3 Å². The van der Waals surface area contributed by atoms with Crippen molar-refractivity contribution in [3.05, 3.63) is 48.6 Å². The predicted molar refractivity (Wildman–Crippen MR) is 105 cm³/mol. The number of guanidine groups is 1. The summed E-state index contributed by atoms with van der Waals surface area (Å²) < 4.78 is 5.52. The zero-order chi connectivity index (χ0) is 17.9. The van der Waals surface area contributed by atoms with Crippen molar-refractivity contribution in [1.29, 1.82) is 0 Å². The molecular weight excluding hydrogens is 312 g/mol. The van der Waals surface area contributed by atoms with Crippen LogP contribution >= 0.6 is 0 Å². The van der Waals surface area contributed by atoms with E-state index in [9.17, 15) is 0 Å². The van der Waals surface area contributed by atoms with Crippen molar-refractivity contribution in [3.8, 4) is 0 Å². The normalized spacial score (nSPS) is 17.1. The van der Waals surface area contributed by atoms with Gasteiger partial charge in [0.1, 0.15) is 0 Å². The molecule has 1 atom stereocenters. The molecule has 1 aliphatic heterocycles. The minimum absolute atomic E-state index is 0.323. The molecule has 1 aromatic rings. The highest BCUT2D eigenvalue weighted by molar-refractivity contribution is 5.79. The third-order valence-electron chi connectivity index (χ3n) is 4.60. The summed E-state index contributed by atoms with van der Waals surface area (Å²) in [6.07, 6.45) is 4.09. The van der Waals surface area contributed by atoms with Gasteiger partial charge in [-0.25, -0.2) is 0 Å². The monoisotopic (exact) mass is 344 g/mol. The smallest absolute Gasteiger partial charge is 0.193 e. The molecule has 5 nitrogen and oxygen atoms in total. The van der Waals surface area contributed by atoms with Gasteiger partial charge in [0.25, 0.3) is 0 Å². The molecule has 1 unspecified atom stereocenters. The quantitative estimate of drug-likeness (QED) is 0.340. The molecule has 1 aromatic carbocycles. The van der Waals surface area contributed by atoms with Crippen LogP contribution in [0.25, 0.3) is 0 Å². The fourth-order valence-corrected chi connectivity index (χ4v) is 3.17. The molecule has 5 heteroatoms. The number of morpholine rings is 1. The molecule has 0 bridgehead atoms. The third kappa shape index (κ3) is 6.18. The maximum absolute atomic E-state index is 5.52. The number of hydrogen-bond donors (Lipinski definition) is 1. The van der Waals surface area contributed by atoms with E-state index in [1.54, 1.807) is 0 Å². The second-order valence-electron chi connectivity index (χ2n) is 6.36. The molecule has 0 aliphatic carbocycles. The van der Waals surface area contributed by atoms with Crippen LogP contribution in [-0.2, 0) is 4.74 Å². The fourth-order valence-electron chi connectivity index (χ4n) is 3.17. The van der Waals surface area contributed by atoms with Crippen LogP contribution in [0.2, 0.25) is 0 Å². The molecule has 0 spiro atoms. The average molecular weight is 345 g/mol. The molecule has 25 heavy (non-hydrogen) atoms. The van der Waals surface area contributed by atoms with Crippen LogP contribution in [0.1, 0.15) is 24.4 Å². The average Bonchev–Trinajstić information content (AvgIpc) is 2.67. The Balaban J connectivity index is 1.99. The van der Waals surface area contributed by atoms with Crippen LogP contribution in [0.5, 0.6) is 0 Å². The largest absolute Gasteiger partial charge is 0.379 e. The molecule has 1 aliphatic rings. The summed E-state index contributed by atoms with van der Waals surface area (Å²) in [6.45, 7) is 9.14. The van der Waals surface area contributed by atoms with Gasteiger partial charge in [-0.05, 0) is 18.4 Å².